The average Bonchev–Trinajstić information content (AvgIpc) is 2.39. The lowest BCUT2D eigenvalue weighted by atomic mass is 10.0. The lowest BCUT2D eigenvalue weighted by Gasteiger charge is -2.04. The van der Waals surface area contributed by atoms with Gasteiger partial charge < -0.3 is 10.5 Å². The van der Waals surface area contributed by atoms with Gasteiger partial charge in [0.1, 0.15) is 0 Å². The van der Waals surface area contributed by atoms with Crippen LogP contribution in [0, 0.1) is 0 Å². The molecule has 0 aliphatic carbocycles. The van der Waals surface area contributed by atoms with Crippen molar-refractivity contribution in [1.82, 2.24) is 4.98 Å². The Bertz CT molecular complexity index is 535. The maximum atomic E-state index is 11.1. The molecule has 86 valence electrons. The molecule has 0 unspecified atom stereocenters. The fourth-order valence-corrected chi connectivity index (χ4v) is 1.52. The third kappa shape index (κ3) is 2.42. The first kappa shape index (κ1) is 11.1. The number of rotatable bonds is 3. The number of ether oxygens (including phenoxy) is 1. The van der Waals surface area contributed by atoms with Crippen LogP contribution in [0.3, 0.4) is 0 Å². The van der Waals surface area contributed by atoms with Crippen molar-refractivity contribution >= 4 is 5.91 Å². The Hall–Kier alpha value is -2.36. The number of carbonyl (C=O) groups excluding carboxylic acids is 1. The summed E-state index contributed by atoms with van der Waals surface area (Å²) in [5.41, 5.74) is 7.53. The zero-order valence-corrected chi connectivity index (χ0v) is 9.38. The molecule has 0 bridgehead atoms. The van der Waals surface area contributed by atoms with Crippen molar-refractivity contribution in [2.45, 2.75) is 0 Å². The Morgan fingerprint density at radius 3 is 2.65 bits per heavy atom. The lowest BCUT2D eigenvalue weighted by molar-refractivity contribution is 0.100. The van der Waals surface area contributed by atoms with E-state index in [2.05, 4.69) is 4.98 Å². The highest BCUT2D eigenvalue weighted by Crippen LogP contribution is 2.21. The van der Waals surface area contributed by atoms with Gasteiger partial charge in [0.05, 0.1) is 7.11 Å². The van der Waals surface area contributed by atoms with Crippen molar-refractivity contribution in [2.75, 3.05) is 7.11 Å². The van der Waals surface area contributed by atoms with Crippen LogP contribution < -0.4 is 10.5 Å². The average molecular weight is 228 g/mol. The summed E-state index contributed by atoms with van der Waals surface area (Å²) < 4.78 is 4.98. The van der Waals surface area contributed by atoms with Crippen molar-refractivity contribution in [3.63, 3.8) is 0 Å². The monoisotopic (exact) mass is 228 g/mol. The highest BCUT2D eigenvalue weighted by atomic mass is 16.5. The van der Waals surface area contributed by atoms with Crippen LogP contribution in [-0.2, 0) is 0 Å². The molecule has 17 heavy (non-hydrogen) atoms. The van der Waals surface area contributed by atoms with E-state index < -0.39 is 5.91 Å². The van der Waals surface area contributed by atoms with Gasteiger partial charge in [-0.05, 0) is 23.8 Å². The van der Waals surface area contributed by atoms with E-state index in [4.69, 9.17) is 10.5 Å². The van der Waals surface area contributed by atoms with Crippen LogP contribution in [0.5, 0.6) is 5.88 Å². The number of hydrogen-bond donors (Lipinski definition) is 1. The van der Waals surface area contributed by atoms with E-state index in [1.54, 1.807) is 37.6 Å². The van der Waals surface area contributed by atoms with Gasteiger partial charge in [-0.2, -0.15) is 0 Å². The smallest absolute Gasteiger partial charge is 0.248 e. The van der Waals surface area contributed by atoms with Crippen molar-refractivity contribution in [3.05, 3.63) is 48.2 Å². The van der Waals surface area contributed by atoms with E-state index in [0.717, 1.165) is 11.1 Å². The molecule has 0 saturated carbocycles. The molecule has 1 aromatic carbocycles. The van der Waals surface area contributed by atoms with Crippen molar-refractivity contribution in [2.24, 2.45) is 5.73 Å². The maximum absolute atomic E-state index is 11.1. The van der Waals surface area contributed by atoms with E-state index in [9.17, 15) is 4.79 Å². The molecular formula is C13H12N2O2. The van der Waals surface area contributed by atoms with Gasteiger partial charge in [-0.1, -0.05) is 12.1 Å². The molecule has 0 spiro atoms. The molecule has 1 amide bonds. The van der Waals surface area contributed by atoms with Crippen LogP contribution >= 0.6 is 0 Å². The molecule has 2 N–H and O–H groups in total. The molecule has 2 aromatic rings. The molecule has 1 heterocycles. The van der Waals surface area contributed by atoms with Crippen LogP contribution in [0.15, 0.2) is 42.6 Å². The van der Waals surface area contributed by atoms with Gasteiger partial charge in [-0.15, -0.1) is 0 Å². The Balaban J connectivity index is 2.38. The second-order valence-corrected chi connectivity index (χ2v) is 3.53. The number of pyridine rings is 1. The molecule has 0 fully saturated rings. The largest absolute Gasteiger partial charge is 0.481 e. The van der Waals surface area contributed by atoms with Gasteiger partial charge in [0.15, 0.2) is 0 Å². The summed E-state index contributed by atoms with van der Waals surface area (Å²) in [6.45, 7) is 0. The summed E-state index contributed by atoms with van der Waals surface area (Å²) in [5, 5.41) is 0. The summed E-state index contributed by atoms with van der Waals surface area (Å²) in [5.74, 6) is 0.119. The van der Waals surface area contributed by atoms with Gasteiger partial charge in [0.2, 0.25) is 11.8 Å². The predicted molar refractivity (Wildman–Crippen MR) is 64.7 cm³/mol. The van der Waals surface area contributed by atoms with Gasteiger partial charge in [-0.25, -0.2) is 4.98 Å². The third-order valence-electron chi connectivity index (χ3n) is 2.43. The molecule has 4 nitrogen and oxygen atoms in total. The summed E-state index contributed by atoms with van der Waals surface area (Å²) in [6, 6.07) is 10.8. The second-order valence-electron chi connectivity index (χ2n) is 3.53. The molecule has 2 rings (SSSR count). The zero-order chi connectivity index (χ0) is 12.3. The van der Waals surface area contributed by atoms with E-state index in [1.165, 1.54) is 0 Å². The fraction of sp³-hybridized carbons (Fsp3) is 0.0769. The van der Waals surface area contributed by atoms with Crippen LogP contribution in [0.1, 0.15) is 10.4 Å². The Kier molecular flexibility index (Phi) is 3.05. The van der Waals surface area contributed by atoms with E-state index in [0.29, 0.717) is 11.4 Å². The van der Waals surface area contributed by atoms with Crippen LogP contribution in [-0.4, -0.2) is 18.0 Å². The minimum absolute atomic E-state index is 0.437. The molecular weight excluding hydrogens is 216 g/mol. The first-order valence-corrected chi connectivity index (χ1v) is 5.11. The number of aromatic nitrogens is 1. The molecule has 0 saturated heterocycles. The van der Waals surface area contributed by atoms with Crippen LogP contribution in [0.2, 0.25) is 0 Å². The Labute approximate surface area is 99.1 Å². The van der Waals surface area contributed by atoms with Crippen molar-refractivity contribution in [1.29, 1.82) is 0 Å². The Morgan fingerprint density at radius 2 is 2.06 bits per heavy atom. The lowest BCUT2D eigenvalue weighted by Crippen LogP contribution is -2.10. The van der Waals surface area contributed by atoms with Crippen LogP contribution in [0.25, 0.3) is 11.1 Å². The number of carbonyl (C=O) groups is 1. The minimum atomic E-state index is -0.437. The third-order valence-corrected chi connectivity index (χ3v) is 2.43. The molecule has 4 heteroatoms. The van der Waals surface area contributed by atoms with Crippen molar-refractivity contribution < 1.29 is 9.53 Å². The van der Waals surface area contributed by atoms with E-state index in [-0.39, 0.29) is 0 Å². The normalized spacial score (nSPS) is 9.94. The molecule has 0 atom stereocenters. The SMILES string of the molecule is COc1ccc(-c2cccc(C(N)=O)c2)cn1. The molecule has 1 aromatic heterocycles. The molecule has 0 aliphatic rings. The van der Waals surface area contributed by atoms with E-state index >= 15 is 0 Å². The maximum Gasteiger partial charge on any atom is 0.248 e. The standard InChI is InChI=1S/C13H12N2O2/c1-17-12-6-5-11(8-15-12)9-3-2-4-10(7-9)13(14)16/h2-8H,1H3,(H2,14,16). The number of nitrogens with zero attached hydrogens (tertiary/aromatic N) is 1. The summed E-state index contributed by atoms with van der Waals surface area (Å²) >= 11 is 0. The second kappa shape index (κ2) is 4.65. The first-order chi connectivity index (χ1) is 8.20. The predicted octanol–water partition coefficient (Wildman–Crippen LogP) is 1.86. The number of primary amides is 1. The van der Waals surface area contributed by atoms with Gasteiger partial charge in [0, 0.05) is 23.4 Å². The first-order valence-electron chi connectivity index (χ1n) is 5.11. The number of hydrogen-bond acceptors (Lipinski definition) is 3. The van der Waals surface area contributed by atoms with Crippen molar-refractivity contribution in [3.8, 4) is 17.0 Å². The zero-order valence-electron chi connectivity index (χ0n) is 9.38. The highest BCUT2D eigenvalue weighted by molar-refractivity contribution is 5.94. The summed E-state index contributed by atoms with van der Waals surface area (Å²) in [6.07, 6.45) is 1.69. The van der Waals surface area contributed by atoms with Gasteiger partial charge >= 0.3 is 0 Å². The van der Waals surface area contributed by atoms with E-state index in [1.807, 2.05) is 12.1 Å². The number of methoxy groups -OCH3 is 1. The number of amides is 1. The summed E-state index contributed by atoms with van der Waals surface area (Å²) in [7, 11) is 1.57. The summed E-state index contributed by atoms with van der Waals surface area (Å²) in [4.78, 5) is 15.2. The number of benzene rings is 1. The number of nitrogens with two attached hydrogens (primary N) is 1. The fourth-order valence-electron chi connectivity index (χ4n) is 1.52. The Morgan fingerprint density at radius 1 is 1.24 bits per heavy atom. The topological polar surface area (TPSA) is 65.2 Å². The quantitative estimate of drug-likeness (QED) is 0.871. The van der Waals surface area contributed by atoms with Gasteiger partial charge in [0.25, 0.3) is 0 Å². The van der Waals surface area contributed by atoms with Crippen LogP contribution in [0.4, 0.5) is 0 Å². The highest BCUT2D eigenvalue weighted by Gasteiger charge is 2.03. The van der Waals surface area contributed by atoms with Gasteiger partial charge in [-0.3, -0.25) is 4.79 Å². The minimum Gasteiger partial charge on any atom is -0.481 e. The molecule has 0 radical (unpaired) electrons. The molecule has 0 aliphatic heterocycles.